The van der Waals surface area contributed by atoms with Gasteiger partial charge in [-0.2, -0.15) is 0 Å². The molecule has 1 N–H and O–H groups in total. The summed E-state index contributed by atoms with van der Waals surface area (Å²) in [6.07, 6.45) is 1.06. The van der Waals surface area contributed by atoms with E-state index in [0.29, 0.717) is 23.7 Å². The Hall–Kier alpha value is -2.96. The van der Waals surface area contributed by atoms with Crippen LogP contribution in [0.2, 0.25) is 0 Å². The molecule has 0 unspecified atom stereocenters. The molecule has 2 aliphatic rings. The van der Waals surface area contributed by atoms with Crippen LogP contribution in [0.25, 0.3) is 0 Å². The lowest BCUT2D eigenvalue weighted by Gasteiger charge is -2.30. The van der Waals surface area contributed by atoms with Crippen molar-refractivity contribution in [2.45, 2.75) is 6.42 Å². The minimum absolute atomic E-state index is 0.000221. The number of anilines is 2. The first kappa shape index (κ1) is 14.6. The number of carbonyl (C=O) groups excluding carboxylic acids is 2. The molecule has 24 heavy (non-hydrogen) atoms. The summed E-state index contributed by atoms with van der Waals surface area (Å²) in [5, 5.41) is 0. The van der Waals surface area contributed by atoms with Crippen LogP contribution in [0, 0.1) is 0 Å². The largest absolute Gasteiger partial charge is 0.469 e. The summed E-state index contributed by atoms with van der Waals surface area (Å²) >= 11 is 0. The van der Waals surface area contributed by atoms with Crippen LogP contribution in [0.15, 0.2) is 30.3 Å². The van der Waals surface area contributed by atoms with E-state index in [-0.39, 0.29) is 11.9 Å². The normalized spacial score (nSPS) is 15.5. The SMILES string of the molecule is COC(=O)c1ccc(N2COc3cc(C(=O)N4CCC4)[nH]c32)cc1. The van der Waals surface area contributed by atoms with Crippen LogP contribution < -0.4 is 9.64 Å². The van der Waals surface area contributed by atoms with Gasteiger partial charge in [-0.1, -0.05) is 0 Å². The maximum Gasteiger partial charge on any atom is 0.337 e. The van der Waals surface area contributed by atoms with Crippen LogP contribution in [0.3, 0.4) is 0 Å². The molecule has 0 aliphatic carbocycles. The fourth-order valence-corrected chi connectivity index (χ4v) is 2.84. The molecule has 1 aromatic heterocycles. The van der Waals surface area contributed by atoms with E-state index in [4.69, 9.17) is 9.47 Å². The number of fused-ring (bicyclic) bond motifs is 1. The van der Waals surface area contributed by atoms with Crippen LogP contribution in [-0.4, -0.2) is 48.7 Å². The molecule has 4 rings (SSSR count). The van der Waals surface area contributed by atoms with Crippen molar-refractivity contribution >= 4 is 23.4 Å². The van der Waals surface area contributed by atoms with Gasteiger partial charge in [0.2, 0.25) is 0 Å². The van der Waals surface area contributed by atoms with Crippen molar-refractivity contribution in [2.75, 3.05) is 31.8 Å². The van der Waals surface area contributed by atoms with E-state index in [9.17, 15) is 9.59 Å². The highest BCUT2D eigenvalue weighted by Crippen LogP contribution is 2.39. The van der Waals surface area contributed by atoms with Gasteiger partial charge < -0.3 is 19.4 Å². The standard InChI is InChI=1S/C17H17N3O4/c1-23-17(22)11-3-5-12(6-4-11)20-10-24-14-9-13(18-15(14)20)16(21)19-7-2-8-19/h3-6,9,18H,2,7-8,10H2,1H3. The molecule has 0 atom stereocenters. The monoisotopic (exact) mass is 327 g/mol. The second-order valence-electron chi connectivity index (χ2n) is 5.78. The Balaban J connectivity index is 1.58. The van der Waals surface area contributed by atoms with Gasteiger partial charge in [-0.05, 0) is 30.7 Å². The molecule has 3 heterocycles. The van der Waals surface area contributed by atoms with Crippen LogP contribution in [-0.2, 0) is 4.74 Å². The lowest BCUT2D eigenvalue weighted by Crippen LogP contribution is -2.42. The topological polar surface area (TPSA) is 74.9 Å². The number of carbonyl (C=O) groups is 2. The van der Waals surface area contributed by atoms with Crippen molar-refractivity contribution in [3.8, 4) is 5.75 Å². The highest BCUT2D eigenvalue weighted by Gasteiger charge is 2.29. The molecule has 1 amide bonds. The molecule has 7 nitrogen and oxygen atoms in total. The number of nitrogens with one attached hydrogen (secondary N) is 1. The molecular weight excluding hydrogens is 310 g/mol. The second kappa shape index (κ2) is 5.59. The summed E-state index contributed by atoms with van der Waals surface area (Å²) in [6.45, 7) is 1.97. The van der Waals surface area contributed by atoms with Gasteiger partial charge in [0.15, 0.2) is 18.3 Å². The van der Waals surface area contributed by atoms with E-state index in [1.54, 1.807) is 23.1 Å². The average molecular weight is 327 g/mol. The van der Waals surface area contributed by atoms with Gasteiger partial charge in [0.25, 0.3) is 5.91 Å². The van der Waals surface area contributed by atoms with Crippen LogP contribution in [0.4, 0.5) is 11.5 Å². The van der Waals surface area contributed by atoms with E-state index in [1.807, 2.05) is 17.0 Å². The number of aromatic nitrogens is 1. The van der Waals surface area contributed by atoms with Crippen molar-refractivity contribution in [3.63, 3.8) is 0 Å². The van der Waals surface area contributed by atoms with E-state index >= 15 is 0 Å². The number of hydrogen-bond acceptors (Lipinski definition) is 5. The Morgan fingerprint density at radius 1 is 1.21 bits per heavy atom. The third kappa shape index (κ3) is 2.29. The predicted octanol–water partition coefficient (Wildman–Crippen LogP) is 2.14. The van der Waals surface area contributed by atoms with E-state index in [2.05, 4.69) is 4.98 Å². The maximum atomic E-state index is 12.3. The fourth-order valence-electron chi connectivity index (χ4n) is 2.84. The highest BCUT2D eigenvalue weighted by molar-refractivity contribution is 5.95. The Bertz CT molecular complexity index is 793. The van der Waals surface area contributed by atoms with Gasteiger partial charge in [0, 0.05) is 24.8 Å². The molecule has 1 fully saturated rings. The lowest BCUT2D eigenvalue weighted by molar-refractivity contribution is 0.0599. The Morgan fingerprint density at radius 3 is 2.58 bits per heavy atom. The van der Waals surface area contributed by atoms with Crippen molar-refractivity contribution in [1.29, 1.82) is 0 Å². The molecule has 0 radical (unpaired) electrons. The molecule has 124 valence electrons. The number of methoxy groups -OCH3 is 1. The molecule has 2 aromatic rings. The van der Waals surface area contributed by atoms with E-state index in [0.717, 1.165) is 31.0 Å². The second-order valence-corrected chi connectivity index (χ2v) is 5.78. The number of rotatable bonds is 3. The van der Waals surface area contributed by atoms with Crippen molar-refractivity contribution in [2.24, 2.45) is 0 Å². The third-order valence-electron chi connectivity index (χ3n) is 4.35. The number of H-pyrrole nitrogens is 1. The number of hydrogen-bond donors (Lipinski definition) is 1. The van der Waals surface area contributed by atoms with Gasteiger partial charge in [0.05, 0.1) is 12.7 Å². The number of benzene rings is 1. The third-order valence-corrected chi connectivity index (χ3v) is 4.35. The molecular formula is C17H17N3O4. The number of esters is 1. The predicted molar refractivity (Wildman–Crippen MR) is 86.7 cm³/mol. The van der Waals surface area contributed by atoms with E-state index in [1.165, 1.54) is 7.11 Å². The molecule has 0 bridgehead atoms. The number of nitrogens with zero attached hydrogens (tertiary/aromatic N) is 2. The smallest absolute Gasteiger partial charge is 0.337 e. The molecule has 7 heteroatoms. The van der Waals surface area contributed by atoms with Gasteiger partial charge >= 0.3 is 5.97 Å². The van der Waals surface area contributed by atoms with Gasteiger partial charge in [-0.25, -0.2) is 4.79 Å². The highest BCUT2D eigenvalue weighted by atomic mass is 16.5. The number of aromatic amines is 1. The fraction of sp³-hybridized carbons (Fsp3) is 0.294. The van der Waals surface area contributed by atoms with Gasteiger partial charge in [0.1, 0.15) is 5.69 Å². The maximum absolute atomic E-state index is 12.3. The first-order chi connectivity index (χ1) is 11.7. The molecule has 1 saturated heterocycles. The number of likely N-dealkylation sites (tertiary alicyclic amines) is 1. The summed E-state index contributed by atoms with van der Waals surface area (Å²) in [4.78, 5) is 30.7. The lowest BCUT2D eigenvalue weighted by atomic mass is 10.2. The summed E-state index contributed by atoms with van der Waals surface area (Å²) in [5.74, 6) is 1.04. The summed E-state index contributed by atoms with van der Waals surface area (Å²) in [5.41, 5.74) is 1.89. The average Bonchev–Trinajstić information content (AvgIpc) is 3.13. The van der Waals surface area contributed by atoms with Crippen molar-refractivity contribution in [1.82, 2.24) is 9.88 Å². The molecule has 1 aromatic carbocycles. The zero-order valence-corrected chi connectivity index (χ0v) is 13.2. The van der Waals surface area contributed by atoms with Crippen molar-refractivity contribution in [3.05, 3.63) is 41.6 Å². The summed E-state index contributed by atoms with van der Waals surface area (Å²) in [7, 11) is 1.35. The molecule has 0 spiro atoms. The van der Waals surface area contributed by atoms with Gasteiger partial charge in [-0.15, -0.1) is 0 Å². The Labute approximate surface area is 138 Å². The zero-order chi connectivity index (χ0) is 16.7. The summed E-state index contributed by atoms with van der Waals surface area (Å²) < 4.78 is 10.4. The zero-order valence-electron chi connectivity index (χ0n) is 13.2. The molecule has 0 saturated carbocycles. The van der Waals surface area contributed by atoms with Crippen LogP contribution in [0.1, 0.15) is 27.3 Å². The summed E-state index contributed by atoms with van der Waals surface area (Å²) in [6, 6.07) is 8.80. The minimum atomic E-state index is -0.373. The van der Waals surface area contributed by atoms with Crippen LogP contribution >= 0.6 is 0 Å². The first-order valence-electron chi connectivity index (χ1n) is 7.78. The quantitative estimate of drug-likeness (QED) is 0.874. The Morgan fingerprint density at radius 2 is 1.96 bits per heavy atom. The number of ether oxygens (including phenoxy) is 2. The van der Waals surface area contributed by atoms with Gasteiger partial charge in [-0.3, -0.25) is 9.69 Å². The minimum Gasteiger partial charge on any atom is -0.469 e. The first-order valence-corrected chi connectivity index (χ1v) is 7.78. The van der Waals surface area contributed by atoms with Crippen molar-refractivity contribution < 1.29 is 19.1 Å². The Kier molecular flexibility index (Phi) is 3.41. The number of amides is 1. The van der Waals surface area contributed by atoms with E-state index < -0.39 is 0 Å². The van der Waals surface area contributed by atoms with Crippen LogP contribution in [0.5, 0.6) is 5.75 Å². The molecule has 2 aliphatic heterocycles.